The summed E-state index contributed by atoms with van der Waals surface area (Å²) >= 11 is 0. The molecule has 0 aliphatic rings. The van der Waals surface area contributed by atoms with Crippen LogP contribution in [0.1, 0.15) is 29.7 Å². The summed E-state index contributed by atoms with van der Waals surface area (Å²) in [5.74, 6) is 2.34. The Morgan fingerprint density at radius 1 is 1.00 bits per heavy atom. The lowest BCUT2D eigenvalue weighted by molar-refractivity contribution is 0.397. The first-order valence-corrected chi connectivity index (χ1v) is 6.70. The van der Waals surface area contributed by atoms with Crippen LogP contribution in [0, 0.1) is 13.8 Å². The largest absolute Gasteiger partial charge is 0.496 e. The number of aryl methyl sites for hydroxylation is 2. The van der Waals surface area contributed by atoms with Crippen molar-refractivity contribution >= 4 is 0 Å². The highest BCUT2D eigenvalue weighted by Gasteiger charge is 2.15. The highest BCUT2D eigenvalue weighted by atomic mass is 16.5. The van der Waals surface area contributed by atoms with E-state index in [4.69, 9.17) is 15.2 Å². The van der Waals surface area contributed by atoms with Gasteiger partial charge < -0.3 is 15.2 Å². The zero-order valence-corrected chi connectivity index (χ0v) is 12.4. The molecule has 3 nitrogen and oxygen atoms in total. The normalized spacial score (nSPS) is 12.1. The molecule has 3 heteroatoms. The SMILES string of the molecule is COc1cccc(Oc2cc(C)ccc2C)c1C(C)N. The first-order valence-electron chi connectivity index (χ1n) is 6.70. The van der Waals surface area contributed by atoms with Gasteiger partial charge in [0.25, 0.3) is 0 Å². The van der Waals surface area contributed by atoms with Crippen LogP contribution in [0.5, 0.6) is 17.2 Å². The third-order valence-corrected chi connectivity index (χ3v) is 3.26. The average Bonchev–Trinajstić information content (AvgIpc) is 2.42. The minimum absolute atomic E-state index is 0.161. The van der Waals surface area contributed by atoms with Crippen molar-refractivity contribution in [2.24, 2.45) is 5.73 Å². The van der Waals surface area contributed by atoms with Crippen LogP contribution in [0.4, 0.5) is 0 Å². The van der Waals surface area contributed by atoms with E-state index in [0.29, 0.717) is 0 Å². The van der Waals surface area contributed by atoms with Crippen LogP contribution >= 0.6 is 0 Å². The molecule has 0 fully saturated rings. The number of methoxy groups -OCH3 is 1. The predicted molar refractivity (Wildman–Crippen MR) is 81.6 cm³/mol. The van der Waals surface area contributed by atoms with Gasteiger partial charge >= 0.3 is 0 Å². The van der Waals surface area contributed by atoms with Gasteiger partial charge in [-0.1, -0.05) is 18.2 Å². The molecule has 2 aromatic carbocycles. The third kappa shape index (κ3) is 2.94. The first-order chi connectivity index (χ1) is 9.52. The summed E-state index contributed by atoms with van der Waals surface area (Å²) in [4.78, 5) is 0. The molecule has 0 saturated carbocycles. The summed E-state index contributed by atoms with van der Waals surface area (Å²) in [6.07, 6.45) is 0. The number of rotatable bonds is 4. The van der Waals surface area contributed by atoms with E-state index in [1.807, 2.05) is 45.0 Å². The molecule has 106 valence electrons. The van der Waals surface area contributed by atoms with Gasteiger partial charge in [0, 0.05) is 6.04 Å². The molecule has 0 spiro atoms. The standard InChI is InChI=1S/C17H21NO2/c1-11-8-9-12(2)16(10-11)20-15-7-5-6-14(19-4)17(15)13(3)18/h5-10,13H,18H2,1-4H3. The first kappa shape index (κ1) is 14.4. The van der Waals surface area contributed by atoms with E-state index in [0.717, 1.165) is 33.9 Å². The van der Waals surface area contributed by atoms with Gasteiger partial charge in [0.1, 0.15) is 17.2 Å². The monoisotopic (exact) mass is 271 g/mol. The minimum atomic E-state index is -0.161. The van der Waals surface area contributed by atoms with E-state index >= 15 is 0 Å². The molecule has 0 aliphatic carbocycles. The van der Waals surface area contributed by atoms with E-state index in [9.17, 15) is 0 Å². The van der Waals surface area contributed by atoms with Gasteiger partial charge in [0.15, 0.2) is 0 Å². The topological polar surface area (TPSA) is 44.5 Å². The lowest BCUT2D eigenvalue weighted by Gasteiger charge is -2.18. The van der Waals surface area contributed by atoms with Crippen molar-refractivity contribution in [2.45, 2.75) is 26.8 Å². The Morgan fingerprint density at radius 3 is 2.35 bits per heavy atom. The Morgan fingerprint density at radius 2 is 1.70 bits per heavy atom. The van der Waals surface area contributed by atoms with Crippen LogP contribution in [0.2, 0.25) is 0 Å². The molecule has 0 bridgehead atoms. The van der Waals surface area contributed by atoms with Gasteiger partial charge in [0.2, 0.25) is 0 Å². The molecule has 2 aromatic rings. The molecule has 2 rings (SSSR count). The van der Waals surface area contributed by atoms with Crippen LogP contribution < -0.4 is 15.2 Å². The molecule has 0 heterocycles. The van der Waals surface area contributed by atoms with Crippen molar-refractivity contribution in [3.8, 4) is 17.2 Å². The summed E-state index contributed by atoms with van der Waals surface area (Å²) in [5, 5.41) is 0. The second-order valence-electron chi connectivity index (χ2n) is 5.03. The molecular formula is C17H21NO2. The van der Waals surface area contributed by atoms with Crippen molar-refractivity contribution in [1.82, 2.24) is 0 Å². The van der Waals surface area contributed by atoms with Crippen LogP contribution in [0.15, 0.2) is 36.4 Å². The summed E-state index contributed by atoms with van der Waals surface area (Å²) in [6.45, 7) is 6.00. The van der Waals surface area contributed by atoms with Crippen molar-refractivity contribution < 1.29 is 9.47 Å². The van der Waals surface area contributed by atoms with Crippen LogP contribution in [-0.4, -0.2) is 7.11 Å². The fourth-order valence-electron chi connectivity index (χ4n) is 2.18. The molecule has 0 radical (unpaired) electrons. The number of benzene rings is 2. The average molecular weight is 271 g/mol. The maximum Gasteiger partial charge on any atom is 0.135 e. The van der Waals surface area contributed by atoms with Crippen LogP contribution in [0.25, 0.3) is 0 Å². The minimum Gasteiger partial charge on any atom is -0.496 e. The van der Waals surface area contributed by atoms with Gasteiger partial charge in [-0.3, -0.25) is 0 Å². The van der Waals surface area contributed by atoms with Crippen molar-refractivity contribution in [3.63, 3.8) is 0 Å². The van der Waals surface area contributed by atoms with Gasteiger partial charge in [-0.15, -0.1) is 0 Å². The highest BCUT2D eigenvalue weighted by molar-refractivity contribution is 5.49. The molecule has 1 atom stereocenters. The van der Waals surface area contributed by atoms with E-state index in [2.05, 4.69) is 12.1 Å². The van der Waals surface area contributed by atoms with E-state index < -0.39 is 0 Å². The molecular weight excluding hydrogens is 250 g/mol. The van der Waals surface area contributed by atoms with Gasteiger partial charge in [-0.25, -0.2) is 0 Å². The fourth-order valence-corrected chi connectivity index (χ4v) is 2.18. The summed E-state index contributed by atoms with van der Waals surface area (Å²) in [6, 6.07) is 11.7. The number of nitrogens with two attached hydrogens (primary N) is 1. The van der Waals surface area contributed by atoms with Crippen LogP contribution in [-0.2, 0) is 0 Å². The zero-order chi connectivity index (χ0) is 14.7. The van der Waals surface area contributed by atoms with Crippen molar-refractivity contribution in [1.29, 1.82) is 0 Å². The van der Waals surface area contributed by atoms with Crippen LogP contribution in [0.3, 0.4) is 0 Å². The summed E-state index contributed by atoms with van der Waals surface area (Å²) in [7, 11) is 1.64. The third-order valence-electron chi connectivity index (χ3n) is 3.26. The van der Waals surface area contributed by atoms with E-state index in [-0.39, 0.29) is 6.04 Å². The Balaban J connectivity index is 2.45. The maximum absolute atomic E-state index is 6.06. The molecule has 2 N–H and O–H groups in total. The van der Waals surface area contributed by atoms with E-state index in [1.165, 1.54) is 0 Å². The fraction of sp³-hybridized carbons (Fsp3) is 0.294. The molecule has 1 unspecified atom stereocenters. The lowest BCUT2D eigenvalue weighted by atomic mass is 10.1. The molecule has 0 saturated heterocycles. The second-order valence-corrected chi connectivity index (χ2v) is 5.03. The Kier molecular flexibility index (Phi) is 4.30. The van der Waals surface area contributed by atoms with Gasteiger partial charge in [-0.05, 0) is 50.1 Å². The predicted octanol–water partition coefficient (Wildman–Crippen LogP) is 4.12. The Bertz CT molecular complexity index is 606. The molecule has 0 aromatic heterocycles. The second kappa shape index (κ2) is 5.97. The van der Waals surface area contributed by atoms with Gasteiger partial charge in [-0.2, -0.15) is 0 Å². The number of hydrogen-bond donors (Lipinski definition) is 1. The summed E-state index contributed by atoms with van der Waals surface area (Å²) in [5.41, 5.74) is 9.19. The molecule has 20 heavy (non-hydrogen) atoms. The number of hydrogen-bond acceptors (Lipinski definition) is 3. The highest BCUT2D eigenvalue weighted by Crippen LogP contribution is 2.36. The van der Waals surface area contributed by atoms with E-state index in [1.54, 1.807) is 7.11 Å². The van der Waals surface area contributed by atoms with Crippen molar-refractivity contribution in [3.05, 3.63) is 53.1 Å². The Hall–Kier alpha value is -2.00. The molecule has 0 aliphatic heterocycles. The quantitative estimate of drug-likeness (QED) is 0.909. The zero-order valence-electron chi connectivity index (χ0n) is 12.4. The smallest absolute Gasteiger partial charge is 0.135 e. The maximum atomic E-state index is 6.06. The van der Waals surface area contributed by atoms with Crippen molar-refractivity contribution in [2.75, 3.05) is 7.11 Å². The number of ether oxygens (including phenoxy) is 2. The summed E-state index contributed by atoms with van der Waals surface area (Å²) < 4.78 is 11.4. The van der Waals surface area contributed by atoms with Gasteiger partial charge in [0.05, 0.1) is 12.7 Å². The molecule has 0 amide bonds. The lowest BCUT2D eigenvalue weighted by Crippen LogP contribution is -2.09. The Labute approximate surface area is 120 Å².